The number of hydrogen-bond acceptors (Lipinski definition) is 6. The van der Waals surface area contributed by atoms with Crippen LogP contribution in [0.5, 0.6) is 0 Å². The number of para-hydroxylation sites is 1. The van der Waals surface area contributed by atoms with Gasteiger partial charge in [0.2, 0.25) is 5.91 Å². The van der Waals surface area contributed by atoms with Crippen LogP contribution in [-0.4, -0.2) is 32.6 Å². The lowest BCUT2D eigenvalue weighted by atomic mass is 10.3. The highest BCUT2D eigenvalue weighted by atomic mass is 32.2. The maximum atomic E-state index is 12.3. The summed E-state index contributed by atoms with van der Waals surface area (Å²) in [5, 5.41) is 2.39. The van der Waals surface area contributed by atoms with E-state index >= 15 is 0 Å². The Morgan fingerprint density at radius 1 is 1.36 bits per heavy atom. The number of benzene rings is 1. The van der Waals surface area contributed by atoms with Crippen LogP contribution in [0, 0.1) is 0 Å². The number of anilines is 2. The van der Waals surface area contributed by atoms with Gasteiger partial charge >= 0.3 is 0 Å². The number of thiazole rings is 1. The zero-order valence-electron chi connectivity index (χ0n) is 13.6. The quantitative estimate of drug-likeness (QED) is 0.583. The van der Waals surface area contributed by atoms with Crippen molar-refractivity contribution in [3.63, 3.8) is 0 Å². The van der Waals surface area contributed by atoms with Gasteiger partial charge < -0.3 is 0 Å². The number of amides is 2. The summed E-state index contributed by atoms with van der Waals surface area (Å²) in [7, 11) is 0. The number of carbonyl (C=O) groups excluding carboxylic acids is 2. The number of nitrogens with zero attached hydrogens (tertiary/aromatic N) is 3. The molecule has 0 bridgehead atoms. The lowest BCUT2D eigenvalue weighted by molar-refractivity contribution is -0.122. The Bertz CT molecular complexity index is 861. The molecule has 1 saturated heterocycles. The minimum absolute atomic E-state index is 0.0986. The molecule has 0 N–H and O–H groups in total. The van der Waals surface area contributed by atoms with Gasteiger partial charge in [0.1, 0.15) is 4.32 Å². The van der Waals surface area contributed by atoms with Gasteiger partial charge in [-0.05, 0) is 25.1 Å². The molecule has 5 nitrogen and oxygen atoms in total. The topological polar surface area (TPSA) is 53.5 Å². The largest absolute Gasteiger partial charge is 0.293 e. The molecule has 1 aliphatic rings. The van der Waals surface area contributed by atoms with Crippen LogP contribution in [0.2, 0.25) is 0 Å². The van der Waals surface area contributed by atoms with Crippen LogP contribution in [0.3, 0.4) is 0 Å². The third-order valence-electron chi connectivity index (χ3n) is 3.50. The van der Waals surface area contributed by atoms with Crippen molar-refractivity contribution in [2.24, 2.45) is 0 Å². The molecule has 25 heavy (non-hydrogen) atoms. The fraction of sp³-hybridized carbons (Fsp3) is 0.176. The molecule has 1 aliphatic heterocycles. The van der Waals surface area contributed by atoms with Crippen molar-refractivity contribution in [2.75, 3.05) is 11.4 Å². The summed E-state index contributed by atoms with van der Waals surface area (Å²) in [5.74, 6) is -0.219. The van der Waals surface area contributed by atoms with E-state index in [-0.39, 0.29) is 11.8 Å². The minimum Gasteiger partial charge on any atom is -0.293 e. The molecule has 0 aliphatic carbocycles. The van der Waals surface area contributed by atoms with Gasteiger partial charge in [0, 0.05) is 18.8 Å². The molecule has 0 atom stereocenters. The SMILES string of the molecule is CCN1C(=O)C(=Cc2csc(N(C(C)=O)c3ccccc3)n2)SC1=S. The lowest BCUT2D eigenvalue weighted by Crippen LogP contribution is -2.27. The third kappa shape index (κ3) is 3.65. The van der Waals surface area contributed by atoms with Crippen LogP contribution in [0.1, 0.15) is 19.5 Å². The Morgan fingerprint density at radius 2 is 2.08 bits per heavy atom. The monoisotopic (exact) mass is 389 g/mol. The van der Waals surface area contributed by atoms with Crippen LogP contribution < -0.4 is 4.90 Å². The minimum atomic E-state index is -0.121. The first-order chi connectivity index (χ1) is 12.0. The molecule has 128 valence electrons. The number of hydrogen-bond donors (Lipinski definition) is 0. The van der Waals surface area contributed by atoms with E-state index in [0.29, 0.717) is 26.6 Å². The summed E-state index contributed by atoms with van der Waals surface area (Å²) < 4.78 is 0.559. The van der Waals surface area contributed by atoms with Crippen molar-refractivity contribution in [2.45, 2.75) is 13.8 Å². The zero-order chi connectivity index (χ0) is 18.0. The molecule has 2 heterocycles. The highest BCUT2D eigenvalue weighted by molar-refractivity contribution is 8.26. The molecule has 0 spiro atoms. The Kier molecular flexibility index (Phi) is 5.31. The van der Waals surface area contributed by atoms with Crippen LogP contribution in [0.15, 0.2) is 40.6 Å². The molecule has 1 fully saturated rings. The molecule has 3 rings (SSSR count). The molecule has 2 aromatic rings. The van der Waals surface area contributed by atoms with Crippen LogP contribution in [0.4, 0.5) is 10.8 Å². The summed E-state index contributed by atoms with van der Waals surface area (Å²) in [4.78, 5) is 32.5. The van der Waals surface area contributed by atoms with Gasteiger partial charge in [0.25, 0.3) is 5.91 Å². The van der Waals surface area contributed by atoms with Gasteiger partial charge in [-0.2, -0.15) is 0 Å². The second kappa shape index (κ2) is 7.47. The van der Waals surface area contributed by atoms with E-state index in [9.17, 15) is 9.59 Å². The molecule has 1 aromatic heterocycles. The second-order valence-corrected chi connectivity index (χ2v) is 7.68. The van der Waals surface area contributed by atoms with Gasteiger partial charge in [0.05, 0.1) is 16.3 Å². The van der Waals surface area contributed by atoms with Gasteiger partial charge in [-0.25, -0.2) is 4.98 Å². The van der Waals surface area contributed by atoms with E-state index in [4.69, 9.17) is 12.2 Å². The standard InChI is InChI=1S/C17H15N3O2S3/c1-3-19-15(22)14(25-17(19)23)9-12-10-24-16(18-12)20(11(2)21)13-7-5-4-6-8-13/h4-10H,3H2,1-2H3. The molecule has 8 heteroatoms. The molecular formula is C17H15N3O2S3. The van der Waals surface area contributed by atoms with Crippen molar-refractivity contribution in [1.29, 1.82) is 0 Å². The van der Waals surface area contributed by atoms with Gasteiger partial charge in [-0.15, -0.1) is 11.3 Å². The third-order valence-corrected chi connectivity index (χ3v) is 5.72. The van der Waals surface area contributed by atoms with Crippen LogP contribution in [-0.2, 0) is 9.59 Å². The van der Waals surface area contributed by atoms with Crippen LogP contribution in [0.25, 0.3) is 6.08 Å². The fourth-order valence-corrected chi connectivity index (χ4v) is 4.57. The Morgan fingerprint density at radius 3 is 2.68 bits per heavy atom. The normalized spacial score (nSPS) is 15.9. The molecule has 2 amide bonds. The van der Waals surface area contributed by atoms with Crippen molar-refractivity contribution in [3.05, 3.63) is 46.3 Å². The van der Waals surface area contributed by atoms with E-state index in [1.165, 1.54) is 30.0 Å². The average Bonchev–Trinajstić information content (AvgIpc) is 3.13. The predicted octanol–water partition coefficient (Wildman–Crippen LogP) is 4.05. The van der Waals surface area contributed by atoms with Crippen molar-refractivity contribution >= 4 is 68.3 Å². The second-order valence-electron chi connectivity index (χ2n) is 5.17. The summed E-state index contributed by atoms with van der Waals surface area (Å²) >= 11 is 7.84. The zero-order valence-corrected chi connectivity index (χ0v) is 16.1. The average molecular weight is 390 g/mol. The summed E-state index contributed by atoms with van der Waals surface area (Å²) in [5.41, 5.74) is 1.40. The summed E-state index contributed by atoms with van der Waals surface area (Å²) in [6.45, 7) is 3.94. The smallest absolute Gasteiger partial charge is 0.266 e. The first-order valence-electron chi connectivity index (χ1n) is 7.58. The number of aromatic nitrogens is 1. The van der Waals surface area contributed by atoms with E-state index < -0.39 is 0 Å². The highest BCUT2D eigenvalue weighted by Gasteiger charge is 2.31. The maximum Gasteiger partial charge on any atom is 0.266 e. The van der Waals surface area contributed by atoms with Gasteiger partial charge in [-0.1, -0.05) is 42.2 Å². The number of likely N-dealkylation sites (N-methyl/N-ethyl adjacent to an activating group) is 1. The maximum absolute atomic E-state index is 12.3. The van der Waals surface area contributed by atoms with Crippen molar-refractivity contribution in [1.82, 2.24) is 9.88 Å². The molecule has 0 unspecified atom stereocenters. The van der Waals surface area contributed by atoms with Gasteiger partial charge in [0.15, 0.2) is 5.13 Å². The summed E-state index contributed by atoms with van der Waals surface area (Å²) in [6.07, 6.45) is 1.72. The van der Waals surface area contributed by atoms with Crippen LogP contribution >= 0.6 is 35.3 Å². The Balaban J connectivity index is 1.90. The Hall–Kier alpha value is -2.03. The molecule has 1 aromatic carbocycles. The summed E-state index contributed by atoms with van der Waals surface area (Å²) in [6, 6.07) is 9.35. The number of rotatable bonds is 4. The predicted molar refractivity (Wildman–Crippen MR) is 107 cm³/mol. The first kappa shape index (κ1) is 17.8. The van der Waals surface area contributed by atoms with E-state index in [0.717, 1.165) is 5.69 Å². The Labute approximate surface area is 159 Å². The molecular weight excluding hydrogens is 374 g/mol. The number of carbonyl (C=O) groups is 2. The van der Waals surface area contributed by atoms with Crippen molar-refractivity contribution < 1.29 is 9.59 Å². The first-order valence-corrected chi connectivity index (χ1v) is 9.68. The lowest BCUT2D eigenvalue weighted by Gasteiger charge is -2.17. The highest BCUT2D eigenvalue weighted by Crippen LogP contribution is 2.34. The fourth-order valence-electron chi connectivity index (χ4n) is 2.36. The van der Waals surface area contributed by atoms with E-state index in [1.54, 1.807) is 15.9 Å². The molecule has 0 saturated carbocycles. The number of thioether (sulfide) groups is 1. The van der Waals surface area contributed by atoms with E-state index in [2.05, 4.69) is 4.98 Å². The van der Waals surface area contributed by atoms with E-state index in [1.807, 2.05) is 42.6 Å². The van der Waals surface area contributed by atoms with Crippen molar-refractivity contribution in [3.8, 4) is 0 Å². The van der Waals surface area contributed by atoms with Gasteiger partial charge in [-0.3, -0.25) is 19.4 Å². The molecule has 0 radical (unpaired) electrons. The number of thiocarbonyl (C=S) groups is 1.